The van der Waals surface area contributed by atoms with E-state index in [9.17, 15) is 4.79 Å². The van der Waals surface area contributed by atoms with E-state index < -0.39 is 0 Å². The molecular formula is C18H21N5OS. The van der Waals surface area contributed by atoms with Crippen molar-refractivity contribution in [2.24, 2.45) is 0 Å². The summed E-state index contributed by atoms with van der Waals surface area (Å²) in [5.74, 6) is 0.752. The minimum absolute atomic E-state index is 0.0196. The minimum Gasteiger partial charge on any atom is -0.364 e. The number of nitrogens with zero attached hydrogens (tertiary/aromatic N) is 4. The van der Waals surface area contributed by atoms with Crippen molar-refractivity contribution in [1.82, 2.24) is 19.9 Å². The molecule has 0 atom stereocenters. The van der Waals surface area contributed by atoms with E-state index in [0.29, 0.717) is 11.4 Å². The van der Waals surface area contributed by atoms with Gasteiger partial charge in [0, 0.05) is 19.3 Å². The minimum atomic E-state index is 0.0196. The molecule has 6 nitrogen and oxygen atoms in total. The summed E-state index contributed by atoms with van der Waals surface area (Å²) in [5.41, 5.74) is 1.85. The van der Waals surface area contributed by atoms with Gasteiger partial charge in [0.25, 0.3) is 5.91 Å². The number of aryl methyl sites for hydroxylation is 1. The Balaban J connectivity index is 1.94. The number of pyridine rings is 1. The van der Waals surface area contributed by atoms with Crippen LogP contribution in [-0.2, 0) is 6.54 Å². The molecule has 3 rings (SSSR count). The molecule has 3 aromatic heterocycles. The molecule has 0 saturated heterocycles. The van der Waals surface area contributed by atoms with Crippen LogP contribution in [0.1, 0.15) is 34.8 Å². The summed E-state index contributed by atoms with van der Waals surface area (Å²) in [5, 5.41) is 4.22. The third-order valence-corrected chi connectivity index (χ3v) is 5.37. The third kappa shape index (κ3) is 3.46. The fourth-order valence-corrected chi connectivity index (χ4v) is 3.61. The average molecular weight is 355 g/mol. The molecule has 7 heteroatoms. The Labute approximate surface area is 150 Å². The number of carbonyl (C=O) groups is 1. The summed E-state index contributed by atoms with van der Waals surface area (Å²) in [6, 6.07) is 5.94. The van der Waals surface area contributed by atoms with Gasteiger partial charge >= 0.3 is 0 Å². The summed E-state index contributed by atoms with van der Waals surface area (Å²) in [6.07, 6.45) is 3.29. The van der Waals surface area contributed by atoms with Crippen molar-refractivity contribution >= 4 is 33.3 Å². The predicted molar refractivity (Wildman–Crippen MR) is 101 cm³/mol. The maximum Gasteiger partial charge on any atom is 0.264 e. The number of aromatic nitrogens is 3. The Morgan fingerprint density at radius 3 is 2.76 bits per heavy atom. The maximum atomic E-state index is 12.7. The number of nitrogens with one attached hydrogen (secondary N) is 1. The number of carbonyl (C=O) groups excluding carboxylic acids is 1. The average Bonchev–Trinajstić information content (AvgIpc) is 2.97. The fourth-order valence-electron chi connectivity index (χ4n) is 2.48. The lowest BCUT2D eigenvalue weighted by Crippen LogP contribution is -2.32. The molecule has 1 amide bonds. The maximum absolute atomic E-state index is 12.7. The molecule has 0 aliphatic carbocycles. The van der Waals surface area contributed by atoms with Crippen LogP contribution in [0.25, 0.3) is 10.2 Å². The quantitative estimate of drug-likeness (QED) is 0.758. The SMILES string of the molecule is Cc1c(C(=O)N(C)C(C)C)sc2ncnc(NCc3ccccn3)c12. The van der Waals surface area contributed by atoms with Crippen LogP contribution in [0.2, 0.25) is 0 Å². The van der Waals surface area contributed by atoms with Crippen molar-refractivity contribution in [3.05, 3.63) is 46.9 Å². The fraction of sp³-hybridized carbons (Fsp3) is 0.333. The number of thiophene rings is 1. The summed E-state index contributed by atoms with van der Waals surface area (Å²) in [4.78, 5) is 29.0. The zero-order valence-corrected chi connectivity index (χ0v) is 15.6. The van der Waals surface area contributed by atoms with Gasteiger partial charge in [-0.05, 0) is 38.5 Å². The highest BCUT2D eigenvalue weighted by Crippen LogP contribution is 2.34. The smallest absolute Gasteiger partial charge is 0.264 e. The number of hydrogen-bond acceptors (Lipinski definition) is 6. The van der Waals surface area contributed by atoms with Crippen LogP contribution in [-0.4, -0.2) is 38.8 Å². The van der Waals surface area contributed by atoms with Crippen LogP contribution in [0.4, 0.5) is 5.82 Å². The molecule has 3 aromatic rings. The van der Waals surface area contributed by atoms with Crippen molar-refractivity contribution in [3.8, 4) is 0 Å². The summed E-state index contributed by atoms with van der Waals surface area (Å²) < 4.78 is 0. The van der Waals surface area contributed by atoms with E-state index in [1.807, 2.05) is 46.0 Å². The zero-order chi connectivity index (χ0) is 18.0. The van der Waals surface area contributed by atoms with Crippen LogP contribution in [0.5, 0.6) is 0 Å². The molecule has 3 heterocycles. The van der Waals surface area contributed by atoms with Crippen LogP contribution in [0.3, 0.4) is 0 Å². The first-order valence-corrected chi connectivity index (χ1v) is 8.95. The Kier molecular flexibility index (Phi) is 4.94. The van der Waals surface area contributed by atoms with E-state index in [4.69, 9.17) is 0 Å². The lowest BCUT2D eigenvalue weighted by Gasteiger charge is -2.20. The highest BCUT2D eigenvalue weighted by Gasteiger charge is 2.22. The molecule has 130 valence electrons. The van der Waals surface area contributed by atoms with Crippen molar-refractivity contribution < 1.29 is 4.79 Å². The molecule has 0 aliphatic heterocycles. The number of rotatable bonds is 5. The predicted octanol–water partition coefficient (Wildman–Crippen LogP) is 3.49. The number of amides is 1. The molecule has 0 saturated carbocycles. The first-order chi connectivity index (χ1) is 12.0. The molecule has 0 aromatic carbocycles. The van der Waals surface area contributed by atoms with Crippen molar-refractivity contribution in [2.75, 3.05) is 12.4 Å². The number of hydrogen-bond donors (Lipinski definition) is 1. The monoisotopic (exact) mass is 355 g/mol. The van der Waals surface area contributed by atoms with Crippen molar-refractivity contribution in [1.29, 1.82) is 0 Å². The second kappa shape index (κ2) is 7.14. The van der Waals surface area contributed by atoms with E-state index >= 15 is 0 Å². The zero-order valence-electron chi connectivity index (χ0n) is 14.8. The standard InChI is InChI=1S/C18H21N5OS/c1-11(2)23(4)18(24)15-12(3)14-16(21-10-22-17(14)25-15)20-9-13-7-5-6-8-19-13/h5-8,10-11H,9H2,1-4H3,(H,20,21,22). The first-order valence-electron chi connectivity index (χ1n) is 8.14. The molecule has 0 radical (unpaired) electrons. The van der Waals surface area contributed by atoms with Gasteiger partial charge in [-0.1, -0.05) is 6.07 Å². The Morgan fingerprint density at radius 1 is 1.28 bits per heavy atom. The molecular weight excluding hydrogens is 334 g/mol. The molecule has 0 spiro atoms. The van der Waals surface area contributed by atoms with Gasteiger partial charge in [0.15, 0.2) is 0 Å². The number of anilines is 1. The lowest BCUT2D eigenvalue weighted by molar-refractivity contribution is 0.0759. The van der Waals surface area contributed by atoms with Crippen LogP contribution in [0, 0.1) is 6.92 Å². The second-order valence-corrected chi connectivity index (χ2v) is 7.14. The van der Waals surface area contributed by atoms with Gasteiger partial charge in [-0.2, -0.15) is 0 Å². The van der Waals surface area contributed by atoms with Crippen LogP contribution < -0.4 is 5.32 Å². The highest BCUT2D eigenvalue weighted by atomic mass is 32.1. The normalized spacial score (nSPS) is 11.1. The molecule has 0 aliphatic rings. The topological polar surface area (TPSA) is 71.0 Å². The first kappa shape index (κ1) is 17.3. The third-order valence-electron chi connectivity index (χ3n) is 4.18. The Bertz CT molecular complexity index is 891. The van der Waals surface area contributed by atoms with Gasteiger partial charge in [-0.3, -0.25) is 9.78 Å². The largest absolute Gasteiger partial charge is 0.364 e. The van der Waals surface area contributed by atoms with E-state index in [1.54, 1.807) is 11.1 Å². The van der Waals surface area contributed by atoms with Gasteiger partial charge < -0.3 is 10.2 Å². The van der Waals surface area contributed by atoms with Gasteiger partial charge in [-0.25, -0.2) is 9.97 Å². The Hall–Kier alpha value is -2.54. The van der Waals surface area contributed by atoms with Crippen LogP contribution in [0.15, 0.2) is 30.7 Å². The van der Waals surface area contributed by atoms with Gasteiger partial charge in [0.1, 0.15) is 17.0 Å². The molecule has 25 heavy (non-hydrogen) atoms. The molecule has 1 N–H and O–H groups in total. The lowest BCUT2D eigenvalue weighted by atomic mass is 10.2. The van der Waals surface area contributed by atoms with Crippen LogP contribution >= 0.6 is 11.3 Å². The van der Waals surface area contributed by atoms with E-state index in [-0.39, 0.29) is 11.9 Å². The molecule has 0 fully saturated rings. The highest BCUT2D eigenvalue weighted by molar-refractivity contribution is 7.20. The van der Waals surface area contributed by atoms with E-state index in [0.717, 1.165) is 27.3 Å². The van der Waals surface area contributed by atoms with E-state index in [1.165, 1.54) is 17.7 Å². The summed E-state index contributed by atoms with van der Waals surface area (Å²) >= 11 is 1.42. The molecule has 0 bridgehead atoms. The Morgan fingerprint density at radius 2 is 2.08 bits per heavy atom. The van der Waals surface area contributed by atoms with Crippen molar-refractivity contribution in [2.45, 2.75) is 33.4 Å². The molecule has 0 unspecified atom stereocenters. The summed E-state index contributed by atoms with van der Waals surface area (Å²) in [7, 11) is 1.82. The summed E-state index contributed by atoms with van der Waals surface area (Å²) in [6.45, 7) is 6.52. The van der Waals surface area contributed by atoms with Gasteiger partial charge in [0.05, 0.1) is 22.5 Å². The second-order valence-electron chi connectivity index (χ2n) is 6.14. The van der Waals surface area contributed by atoms with Crippen molar-refractivity contribution in [3.63, 3.8) is 0 Å². The van der Waals surface area contributed by atoms with E-state index in [2.05, 4.69) is 20.3 Å². The van der Waals surface area contributed by atoms with Gasteiger partial charge in [-0.15, -0.1) is 11.3 Å². The number of fused-ring (bicyclic) bond motifs is 1. The van der Waals surface area contributed by atoms with Gasteiger partial charge in [0.2, 0.25) is 0 Å².